The lowest BCUT2D eigenvalue weighted by atomic mass is 10.3. The summed E-state index contributed by atoms with van der Waals surface area (Å²) in [5, 5.41) is 0.210. The predicted octanol–water partition coefficient (Wildman–Crippen LogP) is 2.09. The second kappa shape index (κ2) is 4.02. The molecule has 0 saturated heterocycles. The average Bonchev–Trinajstić information content (AvgIpc) is 2.06. The van der Waals surface area contributed by atoms with E-state index in [9.17, 15) is 13.2 Å². The van der Waals surface area contributed by atoms with E-state index in [1.807, 2.05) is 0 Å². The van der Waals surface area contributed by atoms with Gasteiger partial charge in [0, 0.05) is 12.6 Å². The van der Waals surface area contributed by atoms with Gasteiger partial charge in [-0.2, -0.15) is 0 Å². The van der Waals surface area contributed by atoms with Gasteiger partial charge in [-0.05, 0) is 6.07 Å². The molecule has 3 nitrogen and oxygen atoms in total. The van der Waals surface area contributed by atoms with Crippen LogP contribution in [0.4, 0.5) is 13.2 Å². The molecule has 1 heterocycles. The van der Waals surface area contributed by atoms with Gasteiger partial charge in [-0.1, -0.05) is 11.6 Å². The molecule has 78 valence electrons. The first-order valence-electron chi connectivity index (χ1n) is 3.53. The number of alkyl halides is 3. The first kappa shape index (κ1) is 11.1. The molecule has 1 aromatic rings. The first-order valence-corrected chi connectivity index (χ1v) is 3.91. The lowest BCUT2D eigenvalue weighted by Crippen LogP contribution is -2.18. The number of ether oxygens (including phenoxy) is 1. The molecule has 0 aliphatic rings. The van der Waals surface area contributed by atoms with Crippen molar-refractivity contribution in [3.8, 4) is 5.88 Å². The Labute approximate surface area is 82.6 Å². The molecular weight excluding hydrogens is 221 g/mol. The molecule has 7 heteroatoms. The van der Waals surface area contributed by atoms with Crippen LogP contribution in [0.25, 0.3) is 0 Å². The third-order valence-corrected chi connectivity index (χ3v) is 1.65. The second-order valence-corrected chi connectivity index (χ2v) is 2.74. The van der Waals surface area contributed by atoms with Gasteiger partial charge in [-0.15, -0.1) is 13.2 Å². The molecule has 1 aromatic heterocycles. The summed E-state index contributed by atoms with van der Waals surface area (Å²) < 4.78 is 38.8. The van der Waals surface area contributed by atoms with Crippen molar-refractivity contribution in [1.82, 2.24) is 4.98 Å². The van der Waals surface area contributed by atoms with Crippen molar-refractivity contribution in [1.29, 1.82) is 0 Å². The zero-order valence-electron chi connectivity index (χ0n) is 6.81. The van der Waals surface area contributed by atoms with E-state index in [1.54, 1.807) is 0 Å². The van der Waals surface area contributed by atoms with E-state index in [0.717, 1.165) is 6.07 Å². The number of halogens is 4. The molecule has 0 fully saturated rings. The summed E-state index contributed by atoms with van der Waals surface area (Å²) >= 11 is 5.59. The molecule has 0 saturated carbocycles. The number of hydrogen-bond acceptors (Lipinski definition) is 3. The van der Waals surface area contributed by atoms with Gasteiger partial charge in [0.2, 0.25) is 5.88 Å². The molecule has 0 bridgehead atoms. The van der Waals surface area contributed by atoms with Crippen molar-refractivity contribution < 1.29 is 17.9 Å². The van der Waals surface area contributed by atoms with Crippen LogP contribution in [0.1, 0.15) is 5.69 Å². The summed E-state index contributed by atoms with van der Waals surface area (Å²) in [5.74, 6) is -0.567. The second-order valence-electron chi connectivity index (χ2n) is 2.33. The summed E-state index contributed by atoms with van der Waals surface area (Å²) in [4.78, 5) is 3.48. The smallest absolute Gasteiger partial charge is 0.388 e. The Kier molecular flexibility index (Phi) is 3.17. The lowest BCUT2D eigenvalue weighted by Gasteiger charge is -2.09. The van der Waals surface area contributed by atoms with Crippen molar-refractivity contribution in [3.63, 3.8) is 0 Å². The highest BCUT2D eigenvalue weighted by molar-refractivity contribution is 6.31. The van der Waals surface area contributed by atoms with Crippen molar-refractivity contribution in [3.05, 3.63) is 22.8 Å². The standard InChI is InChI=1S/C7H6ClF3N2O/c8-4-1-2-6(13-5(4)3-12)14-7(9,10)11/h1-2H,3,12H2. The van der Waals surface area contributed by atoms with Crippen LogP contribution in [0.15, 0.2) is 12.1 Å². The summed E-state index contributed by atoms with van der Waals surface area (Å²) in [6, 6.07) is 2.27. The van der Waals surface area contributed by atoms with Gasteiger partial charge >= 0.3 is 6.36 Å². The van der Waals surface area contributed by atoms with E-state index in [0.29, 0.717) is 0 Å². The molecule has 0 unspecified atom stereocenters. The maximum absolute atomic E-state index is 11.8. The Hall–Kier alpha value is -1.01. The van der Waals surface area contributed by atoms with E-state index in [1.165, 1.54) is 6.07 Å². The van der Waals surface area contributed by atoms with Gasteiger partial charge in [0.05, 0.1) is 10.7 Å². The van der Waals surface area contributed by atoms with Crippen LogP contribution in [-0.4, -0.2) is 11.3 Å². The number of rotatable bonds is 2. The molecule has 0 spiro atoms. The molecular formula is C7H6ClF3N2O. The zero-order chi connectivity index (χ0) is 10.8. The highest BCUT2D eigenvalue weighted by Gasteiger charge is 2.31. The number of pyridine rings is 1. The minimum absolute atomic E-state index is 0.0477. The zero-order valence-corrected chi connectivity index (χ0v) is 7.56. The molecule has 2 N–H and O–H groups in total. The Morgan fingerprint density at radius 3 is 2.57 bits per heavy atom. The van der Waals surface area contributed by atoms with Gasteiger partial charge in [-0.25, -0.2) is 4.98 Å². The van der Waals surface area contributed by atoms with Crippen LogP contribution < -0.4 is 10.5 Å². The minimum Gasteiger partial charge on any atom is -0.388 e. The molecule has 0 aliphatic carbocycles. The molecule has 0 aliphatic heterocycles. The monoisotopic (exact) mass is 226 g/mol. The van der Waals surface area contributed by atoms with Crippen LogP contribution in [0.2, 0.25) is 5.02 Å². The van der Waals surface area contributed by atoms with Crippen LogP contribution in [-0.2, 0) is 6.54 Å². The normalized spacial score (nSPS) is 11.5. The Balaban J connectivity index is 2.90. The summed E-state index contributed by atoms with van der Waals surface area (Å²) in [6.07, 6.45) is -4.76. The van der Waals surface area contributed by atoms with Crippen LogP contribution in [0.3, 0.4) is 0 Å². The van der Waals surface area contributed by atoms with Crippen molar-refractivity contribution in [2.75, 3.05) is 0 Å². The van der Waals surface area contributed by atoms with Gasteiger partial charge in [-0.3, -0.25) is 0 Å². The fourth-order valence-corrected chi connectivity index (χ4v) is 0.965. The topological polar surface area (TPSA) is 48.1 Å². The lowest BCUT2D eigenvalue weighted by molar-refractivity contribution is -0.276. The molecule has 0 aromatic carbocycles. The fourth-order valence-electron chi connectivity index (χ4n) is 0.783. The van der Waals surface area contributed by atoms with Crippen LogP contribution in [0, 0.1) is 0 Å². The third-order valence-electron chi connectivity index (χ3n) is 1.31. The number of hydrogen-bond donors (Lipinski definition) is 1. The fraction of sp³-hybridized carbons (Fsp3) is 0.286. The third kappa shape index (κ3) is 3.04. The highest BCUT2D eigenvalue weighted by Crippen LogP contribution is 2.23. The average molecular weight is 227 g/mol. The quantitative estimate of drug-likeness (QED) is 0.840. The molecule has 14 heavy (non-hydrogen) atoms. The summed E-state index contributed by atoms with van der Waals surface area (Å²) in [6.45, 7) is -0.0477. The molecule has 0 atom stereocenters. The van der Waals surface area contributed by atoms with E-state index in [4.69, 9.17) is 17.3 Å². The SMILES string of the molecule is NCc1nc(OC(F)(F)F)ccc1Cl. The number of nitrogens with zero attached hydrogens (tertiary/aromatic N) is 1. The molecule has 1 rings (SSSR count). The van der Waals surface area contributed by atoms with Gasteiger partial charge in [0.1, 0.15) is 0 Å². The van der Waals surface area contributed by atoms with Crippen molar-refractivity contribution >= 4 is 11.6 Å². The van der Waals surface area contributed by atoms with Gasteiger partial charge in [0.25, 0.3) is 0 Å². The highest BCUT2D eigenvalue weighted by atomic mass is 35.5. The van der Waals surface area contributed by atoms with Crippen LogP contribution in [0.5, 0.6) is 5.88 Å². The predicted molar refractivity (Wildman–Crippen MR) is 43.8 cm³/mol. The Bertz CT molecular complexity index is 329. The molecule has 0 amide bonds. The maximum Gasteiger partial charge on any atom is 0.574 e. The molecule has 0 radical (unpaired) electrons. The van der Waals surface area contributed by atoms with E-state index in [-0.39, 0.29) is 17.3 Å². The van der Waals surface area contributed by atoms with Crippen molar-refractivity contribution in [2.45, 2.75) is 12.9 Å². The largest absolute Gasteiger partial charge is 0.574 e. The Morgan fingerprint density at radius 1 is 1.43 bits per heavy atom. The van der Waals surface area contributed by atoms with Crippen molar-refractivity contribution in [2.24, 2.45) is 5.73 Å². The first-order chi connectivity index (χ1) is 6.42. The number of aromatic nitrogens is 1. The van der Waals surface area contributed by atoms with Gasteiger partial charge in [0.15, 0.2) is 0 Å². The number of nitrogens with two attached hydrogens (primary N) is 1. The Morgan fingerprint density at radius 2 is 2.07 bits per heavy atom. The summed E-state index contributed by atoms with van der Waals surface area (Å²) in [7, 11) is 0. The van der Waals surface area contributed by atoms with Crippen LogP contribution >= 0.6 is 11.6 Å². The van der Waals surface area contributed by atoms with E-state index >= 15 is 0 Å². The summed E-state index contributed by atoms with van der Waals surface area (Å²) in [5.41, 5.74) is 5.36. The maximum atomic E-state index is 11.8. The minimum atomic E-state index is -4.76. The van der Waals surface area contributed by atoms with Gasteiger partial charge < -0.3 is 10.5 Å². The van der Waals surface area contributed by atoms with E-state index < -0.39 is 12.2 Å². The van der Waals surface area contributed by atoms with E-state index in [2.05, 4.69) is 9.72 Å².